The molecule has 1 fully saturated rings. The molecule has 6 nitrogen and oxygen atoms in total. The third kappa shape index (κ3) is 3.33. The van der Waals surface area contributed by atoms with Crippen molar-refractivity contribution in [3.63, 3.8) is 0 Å². The molecule has 0 spiro atoms. The molecule has 1 aliphatic carbocycles. The smallest absolute Gasteiger partial charge is 0.266 e. The number of hydrogen-bond donors (Lipinski definition) is 1. The maximum absolute atomic E-state index is 12.0. The van der Waals surface area contributed by atoms with Gasteiger partial charge in [-0.3, -0.25) is 9.59 Å². The van der Waals surface area contributed by atoms with Crippen molar-refractivity contribution in [2.24, 2.45) is 0 Å². The predicted molar refractivity (Wildman–Crippen MR) is 82.1 cm³/mol. The van der Waals surface area contributed by atoms with Crippen molar-refractivity contribution in [2.75, 3.05) is 6.54 Å². The SMILES string of the molecule is O=C(NCCn1nc(C2CC2)ccc1=O)c1cccnc1Cl. The van der Waals surface area contributed by atoms with Crippen LogP contribution < -0.4 is 10.9 Å². The van der Waals surface area contributed by atoms with E-state index in [1.54, 1.807) is 18.2 Å². The second-order valence-electron chi connectivity index (χ2n) is 5.19. The van der Waals surface area contributed by atoms with Crippen LogP contribution in [-0.2, 0) is 6.54 Å². The van der Waals surface area contributed by atoms with Gasteiger partial charge in [0.15, 0.2) is 0 Å². The molecule has 2 aromatic rings. The lowest BCUT2D eigenvalue weighted by atomic mass is 10.2. The first-order valence-electron chi connectivity index (χ1n) is 7.12. The Labute approximate surface area is 132 Å². The minimum atomic E-state index is -0.315. The van der Waals surface area contributed by atoms with Gasteiger partial charge in [0.1, 0.15) is 5.15 Å². The van der Waals surface area contributed by atoms with Crippen LogP contribution in [0.15, 0.2) is 35.3 Å². The molecule has 1 N–H and O–H groups in total. The third-order valence-corrected chi connectivity index (χ3v) is 3.80. The van der Waals surface area contributed by atoms with E-state index in [9.17, 15) is 9.59 Å². The number of rotatable bonds is 5. The number of hydrogen-bond acceptors (Lipinski definition) is 4. The number of nitrogens with zero attached hydrogens (tertiary/aromatic N) is 3. The molecular formula is C15H15ClN4O2. The lowest BCUT2D eigenvalue weighted by Crippen LogP contribution is -2.32. The fourth-order valence-electron chi connectivity index (χ4n) is 2.15. The normalized spacial score (nSPS) is 13.9. The molecule has 2 heterocycles. The number of carbonyl (C=O) groups excluding carboxylic acids is 1. The molecule has 1 aliphatic rings. The monoisotopic (exact) mass is 318 g/mol. The Balaban J connectivity index is 1.61. The van der Waals surface area contributed by atoms with Crippen LogP contribution in [0, 0.1) is 0 Å². The molecule has 0 bridgehead atoms. The number of pyridine rings is 1. The molecule has 0 radical (unpaired) electrons. The van der Waals surface area contributed by atoms with E-state index in [1.807, 2.05) is 0 Å². The Kier molecular flexibility index (Phi) is 4.20. The molecule has 22 heavy (non-hydrogen) atoms. The van der Waals surface area contributed by atoms with Gasteiger partial charge in [-0.15, -0.1) is 0 Å². The summed E-state index contributed by atoms with van der Waals surface area (Å²) in [5.41, 5.74) is 1.09. The Morgan fingerprint density at radius 3 is 2.91 bits per heavy atom. The first-order valence-corrected chi connectivity index (χ1v) is 7.50. The molecule has 7 heteroatoms. The van der Waals surface area contributed by atoms with Crippen LogP contribution in [0.4, 0.5) is 0 Å². The molecule has 2 aromatic heterocycles. The van der Waals surface area contributed by atoms with Gasteiger partial charge in [-0.25, -0.2) is 9.67 Å². The van der Waals surface area contributed by atoms with Crippen LogP contribution in [0.1, 0.15) is 34.8 Å². The zero-order valence-corrected chi connectivity index (χ0v) is 12.6. The lowest BCUT2D eigenvalue weighted by Gasteiger charge is -2.08. The average molecular weight is 319 g/mol. The largest absolute Gasteiger partial charge is 0.350 e. The fraction of sp³-hybridized carbons (Fsp3) is 0.333. The molecule has 0 saturated heterocycles. The van der Waals surface area contributed by atoms with Gasteiger partial charge in [0.05, 0.1) is 17.8 Å². The van der Waals surface area contributed by atoms with E-state index in [-0.39, 0.29) is 16.6 Å². The summed E-state index contributed by atoms with van der Waals surface area (Å²) in [5, 5.41) is 7.21. The van der Waals surface area contributed by atoms with Crippen molar-refractivity contribution in [1.29, 1.82) is 0 Å². The topological polar surface area (TPSA) is 76.9 Å². The summed E-state index contributed by atoms with van der Waals surface area (Å²) in [4.78, 5) is 27.6. The highest BCUT2D eigenvalue weighted by Gasteiger charge is 2.25. The Hall–Kier alpha value is -2.21. The Morgan fingerprint density at radius 1 is 1.36 bits per heavy atom. The van der Waals surface area contributed by atoms with Gasteiger partial charge in [0, 0.05) is 24.7 Å². The van der Waals surface area contributed by atoms with E-state index in [0.717, 1.165) is 18.5 Å². The van der Waals surface area contributed by atoms with Crippen molar-refractivity contribution in [3.8, 4) is 0 Å². The molecule has 3 rings (SSSR count). The minimum absolute atomic E-state index is 0.158. The molecule has 0 atom stereocenters. The van der Waals surface area contributed by atoms with E-state index < -0.39 is 0 Å². The van der Waals surface area contributed by atoms with E-state index in [4.69, 9.17) is 11.6 Å². The average Bonchev–Trinajstić information content (AvgIpc) is 3.34. The molecule has 0 unspecified atom stereocenters. The molecular weight excluding hydrogens is 304 g/mol. The maximum Gasteiger partial charge on any atom is 0.266 e. The molecule has 1 saturated carbocycles. The summed E-state index contributed by atoms with van der Waals surface area (Å²) in [6, 6.07) is 6.56. The van der Waals surface area contributed by atoms with Gasteiger partial charge in [-0.05, 0) is 31.0 Å². The first-order chi connectivity index (χ1) is 10.6. The number of aromatic nitrogens is 3. The quantitative estimate of drug-likeness (QED) is 0.849. The van der Waals surface area contributed by atoms with Crippen LogP contribution in [0.2, 0.25) is 5.15 Å². The van der Waals surface area contributed by atoms with Crippen LogP contribution in [0.25, 0.3) is 0 Å². The van der Waals surface area contributed by atoms with Crippen LogP contribution in [0.5, 0.6) is 0 Å². The number of halogens is 1. The highest BCUT2D eigenvalue weighted by atomic mass is 35.5. The minimum Gasteiger partial charge on any atom is -0.350 e. The summed E-state index contributed by atoms with van der Waals surface area (Å²) in [5.74, 6) is 0.167. The lowest BCUT2D eigenvalue weighted by molar-refractivity contribution is 0.0951. The highest BCUT2D eigenvalue weighted by molar-refractivity contribution is 6.32. The third-order valence-electron chi connectivity index (χ3n) is 3.50. The van der Waals surface area contributed by atoms with E-state index >= 15 is 0 Å². The van der Waals surface area contributed by atoms with Crippen LogP contribution in [-0.4, -0.2) is 27.2 Å². The van der Waals surface area contributed by atoms with Crippen LogP contribution >= 0.6 is 11.6 Å². The second kappa shape index (κ2) is 6.27. The van der Waals surface area contributed by atoms with Crippen molar-refractivity contribution < 1.29 is 4.79 Å². The van der Waals surface area contributed by atoms with Crippen molar-refractivity contribution in [2.45, 2.75) is 25.3 Å². The van der Waals surface area contributed by atoms with E-state index in [2.05, 4.69) is 15.4 Å². The fourth-order valence-corrected chi connectivity index (χ4v) is 2.35. The van der Waals surface area contributed by atoms with Gasteiger partial charge in [0.25, 0.3) is 11.5 Å². The van der Waals surface area contributed by atoms with Gasteiger partial charge >= 0.3 is 0 Å². The zero-order valence-electron chi connectivity index (χ0n) is 11.8. The summed E-state index contributed by atoms with van der Waals surface area (Å²) in [6.45, 7) is 0.619. The number of nitrogens with one attached hydrogen (secondary N) is 1. The van der Waals surface area contributed by atoms with Gasteiger partial charge in [0.2, 0.25) is 0 Å². The molecule has 0 aliphatic heterocycles. The summed E-state index contributed by atoms with van der Waals surface area (Å²) >= 11 is 5.86. The van der Waals surface area contributed by atoms with Gasteiger partial charge in [-0.1, -0.05) is 11.6 Å². The van der Waals surface area contributed by atoms with Crippen LogP contribution in [0.3, 0.4) is 0 Å². The first kappa shape index (κ1) is 14.7. The van der Waals surface area contributed by atoms with Gasteiger partial charge < -0.3 is 5.32 Å². The Bertz CT molecular complexity index is 755. The second-order valence-corrected chi connectivity index (χ2v) is 5.55. The van der Waals surface area contributed by atoms with Gasteiger partial charge in [-0.2, -0.15) is 5.10 Å². The predicted octanol–water partition coefficient (Wildman–Crippen LogP) is 1.60. The standard InChI is InChI=1S/C15H15ClN4O2/c16-14-11(2-1-7-17-14)15(22)18-8-9-20-13(21)6-5-12(19-20)10-3-4-10/h1-2,5-7,10H,3-4,8-9H2,(H,18,22). The van der Waals surface area contributed by atoms with E-state index in [0.29, 0.717) is 24.6 Å². The number of carbonyl (C=O) groups is 1. The highest BCUT2D eigenvalue weighted by Crippen LogP contribution is 2.38. The summed E-state index contributed by atoms with van der Waals surface area (Å²) in [7, 11) is 0. The van der Waals surface area contributed by atoms with E-state index in [1.165, 1.54) is 16.9 Å². The molecule has 0 aromatic carbocycles. The maximum atomic E-state index is 12.0. The van der Waals surface area contributed by atoms with Crippen molar-refractivity contribution in [1.82, 2.24) is 20.1 Å². The number of amides is 1. The van der Waals surface area contributed by atoms with Crippen molar-refractivity contribution in [3.05, 3.63) is 57.2 Å². The Morgan fingerprint density at radius 2 is 2.18 bits per heavy atom. The summed E-state index contributed by atoms with van der Waals surface area (Å²) in [6.07, 6.45) is 3.77. The molecule has 1 amide bonds. The summed E-state index contributed by atoms with van der Waals surface area (Å²) < 4.78 is 1.39. The zero-order chi connectivity index (χ0) is 15.5. The van der Waals surface area contributed by atoms with Crippen molar-refractivity contribution >= 4 is 17.5 Å². The molecule has 114 valence electrons.